The molecular weight excluding hydrogens is 234 g/mol. The fraction of sp³-hybridized carbons (Fsp3) is 0.412. The summed E-state index contributed by atoms with van der Waals surface area (Å²) in [7, 11) is 0. The lowest BCUT2D eigenvalue weighted by Gasteiger charge is -2.22. The minimum Gasteiger partial charge on any atom is -0.493 e. The second-order valence-electron chi connectivity index (χ2n) is 5.33. The number of nitrogens with one attached hydrogen (secondary N) is 1. The van der Waals surface area contributed by atoms with Gasteiger partial charge in [0.2, 0.25) is 0 Å². The van der Waals surface area contributed by atoms with Crippen LogP contribution in [0.4, 0.5) is 0 Å². The summed E-state index contributed by atoms with van der Waals surface area (Å²) in [6.07, 6.45) is 3.79. The molecule has 0 amide bonds. The van der Waals surface area contributed by atoms with E-state index in [0.29, 0.717) is 0 Å². The van der Waals surface area contributed by atoms with Gasteiger partial charge in [0, 0.05) is 5.39 Å². The van der Waals surface area contributed by atoms with Crippen LogP contribution in [0.25, 0.3) is 10.8 Å². The van der Waals surface area contributed by atoms with Crippen LogP contribution in [0.15, 0.2) is 42.5 Å². The normalized spacial score (nSPS) is 19.5. The molecular formula is C17H21NO. The molecule has 0 radical (unpaired) electrons. The molecule has 100 valence electrons. The molecule has 2 aromatic carbocycles. The van der Waals surface area contributed by atoms with Crippen LogP contribution in [0.3, 0.4) is 0 Å². The first kappa shape index (κ1) is 12.5. The molecule has 0 aliphatic carbocycles. The van der Waals surface area contributed by atoms with E-state index < -0.39 is 0 Å². The van der Waals surface area contributed by atoms with E-state index in [1.807, 2.05) is 0 Å². The van der Waals surface area contributed by atoms with Gasteiger partial charge in [0.15, 0.2) is 0 Å². The van der Waals surface area contributed by atoms with Crippen molar-refractivity contribution in [2.75, 3.05) is 19.7 Å². The Labute approximate surface area is 114 Å². The number of rotatable bonds is 4. The first-order valence-electron chi connectivity index (χ1n) is 7.25. The molecule has 1 atom stereocenters. The lowest BCUT2D eigenvalue weighted by atomic mass is 9.97. The van der Waals surface area contributed by atoms with Gasteiger partial charge in [0.1, 0.15) is 5.75 Å². The zero-order valence-electron chi connectivity index (χ0n) is 11.3. The number of fused-ring (bicyclic) bond motifs is 1. The summed E-state index contributed by atoms with van der Waals surface area (Å²) in [6.45, 7) is 3.15. The SMILES string of the molecule is c1ccc2c(OCC[C@H]3CCCNC3)cccc2c1. The molecule has 1 heterocycles. The molecule has 1 fully saturated rings. The zero-order chi connectivity index (χ0) is 12.9. The predicted octanol–water partition coefficient (Wildman–Crippen LogP) is 3.61. The first-order valence-corrected chi connectivity index (χ1v) is 7.25. The van der Waals surface area contributed by atoms with Gasteiger partial charge in [0.05, 0.1) is 6.61 Å². The smallest absolute Gasteiger partial charge is 0.127 e. The van der Waals surface area contributed by atoms with Crippen LogP contribution in [0, 0.1) is 5.92 Å². The quantitative estimate of drug-likeness (QED) is 0.901. The van der Waals surface area contributed by atoms with Crippen LogP contribution < -0.4 is 10.1 Å². The Morgan fingerprint density at radius 2 is 2.00 bits per heavy atom. The third-order valence-electron chi connectivity index (χ3n) is 3.93. The maximum absolute atomic E-state index is 5.99. The van der Waals surface area contributed by atoms with E-state index >= 15 is 0 Å². The van der Waals surface area contributed by atoms with Crippen LogP contribution in [0.1, 0.15) is 19.3 Å². The van der Waals surface area contributed by atoms with Crippen LogP contribution in [-0.2, 0) is 0 Å². The van der Waals surface area contributed by atoms with Crippen molar-refractivity contribution in [3.63, 3.8) is 0 Å². The molecule has 1 aliphatic rings. The second kappa shape index (κ2) is 6.07. The van der Waals surface area contributed by atoms with E-state index in [2.05, 4.69) is 47.8 Å². The third-order valence-corrected chi connectivity index (χ3v) is 3.93. The van der Waals surface area contributed by atoms with Gasteiger partial charge in [-0.1, -0.05) is 36.4 Å². The van der Waals surface area contributed by atoms with Crippen molar-refractivity contribution < 1.29 is 4.74 Å². The molecule has 2 aromatic rings. The number of hydrogen-bond donors (Lipinski definition) is 1. The fourth-order valence-corrected chi connectivity index (χ4v) is 2.83. The number of piperidine rings is 1. The fourth-order valence-electron chi connectivity index (χ4n) is 2.83. The lowest BCUT2D eigenvalue weighted by molar-refractivity contribution is 0.256. The highest BCUT2D eigenvalue weighted by Crippen LogP contribution is 2.25. The number of benzene rings is 2. The van der Waals surface area contributed by atoms with E-state index in [-0.39, 0.29) is 0 Å². The van der Waals surface area contributed by atoms with Gasteiger partial charge in [-0.25, -0.2) is 0 Å². The minimum atomic E-state index is 0.781. The molecule has 1 saturated heterocycles. The van der Waals surface area contributed by atoms with E-state index in [0.717, 1.165) is 31.2 Å². The topological polar surface area (TPSA) is 21.3 Å². The second-order valence-corrected chi connectivity index (χ2v) is 5.33. The molecule has 1 aliphatic heterocycles. The van der Waals surface area contributed by atoms with Gasteiger partial charge < -0.3 is 10.1 Å². The highest BCUT2D eigenvalue weighted by atomic mass is 16.5. The minimum absolute atomic E-state index is 0.781. The highest BCUT2D eigenvalue weighted by molar-refractivity contribution is 5.88. The van der Waals surface area contributed by atoms with Gasteiger partial charge >= 0.3 is 0 Å². The van der Waals surface area contributed by atoms with Crippen LogP contribution >= 0.6 is 0 Å². The summed E-state index contributed by atoms with van der Waals surface area (Å²) in [6, 6.07) is 14.7. The van der Waals surface area contributed by atoms with Crippen LogP contribution in [0.5, 0.6) is 5.75 Å². The average molecular weight is 255 g/mol. The Morgan fingerprint density at radius 3 is 2.89 bits per heavy atom. The molecule has 0 spiro atoms. The molecule has 1 N–H and O–H groups in total. The average Bonchev–Trinajstić information content (AvgIpc) is 2.49. The van der Waals surface area contributed by atoms with E-state index in [9.17, 15) is 0 Å². The molecule has 2 nitrogen and oxygen atoms in total. The standard InChI is InChI=1S/C17H21NO/c1-2-8-16-15(6-1)7-3-9-17(16)19-12-10-14-5-4-11-18-13-14/h1-3,6-9,14,18H,4-5,10-13H2/t14-/m1/s1. The summed E-state index contributed by atoms with van der Waals surface area (Å²) in [5.74, 6) is 1.80. The maximum atomic E-state index is 5.99. The summed E-state index contributed by atoms with van der Waals surface area (Å²) >= 11 is 0. The number of hydrogen-bond acceptors (Lipinski definition) is 2. The molecule has 2 heteroatoms. The van der Waals surface area contributed by atoms with Gasteiger partial charge in [-0.05, 0) is 49.7 Å². The largest absolute Gasteiger partial charge is 0.493 e. The Balaban J connectivity index is 1.62. The molecule has 0 saturated carbocycles. The van der Waals surface area contributed by atoms with Crippen LogP contribution in [-0.4, -0.2) is 19.7 Å². The monoisotopic (exact) mass is 255 g/mol. The van der Waals surface area contributed by atoms with Crippen molar-refractivity contribution >= 4 is 10.8 Å². The van der Waals surface area contributed by atoms with E-state index in [4.69, 9.17) is 4.74 Å². The van der Waals surface area contributed by atoms with Crippen molar-refractivity contribution in [1.29, 1.82) is 0 Å². The summed E-state index contributed by atoms with van der Waals surface area (Å²) < 4.78 is 5.99. The lowest BCUT2D eigenvalue weighted by Crippen LogP contribution is -2.30. The summed E-state index contributed by atoms with van der Waals surface area (Å²) in [5, 5.41) is 5.92. The molecule has 0 bridgehead atoms. The van der Waals surface area contributed by atoms with Gasteiger partial charge in [0.25, 0.3) is 0 Å². The molecule has 0 aromatic heterocycles. The predicted molar refractivity (Wildman–Crippen MR) is 79.7 cm³/mol. The van der Waals surface area contributed by atoms with Gasteiger partial charge in [-0.15, -0.1) is 0 Å². The van der Waals surface area contributed by atoms with Gasteiger partial charge in [-0.2, -0.15) is 0 Å². The van der Waals surface area contributed by atoms with Crippen molar-refractivity contribution in [3.8, 4) is 5.75 Å². The highest BCUT2D eigenvalue weighted by Gasteiger charge is 2.12. The molecule has 0 unspecified atom stereocenters. The summed E-state index contributed by atoms with van der Waals surface area (Å²) in [4.78, 5) is 0. The Morgan fingerprint density at radius 1 is 1.11 bits per heavy atom. The van der Waals surface area contributed by atoms with Crippen molar-refractivity contribution in [1.82, 2.24) is 5.32 Å². The van der Waals surface area contributed by atoms with Crippen molar-refractivity contribution in [2.45, 2.75) is 19.3 Å². The van der Waals surface area contributed by atoms with Crippen molar-refractivity contribution in [3.05, 3.63) is 42.5 Å². The molecule has 19 heavy (non-hydrogen) atoms. The Bertz CT molecular complexity index is 526. The van der Waals surface area contributed by atoms with E-state index in [1.54, 1.807) is 0 Å². The third kappa shape index (κ3) is 3.07. The number of ether oxygens (including phenoxy) is 1. The van der Waals surface area contributed by atoms with Gasteiger partial charge in [-0.3, -0.25) is 0 Å². The summed E-state index contributed by atoms with van der Waals surface area (Å²) in [5.41, 5.74) is 0. The van der Waals surface area contributed by atoms with Crippen LogP contribution in [0.2, 0.25) is 0 Å². The van der Waals surface area contributed by atoms with Crippen molar-refractivity contribution in [2.24, 2.45) is 5.92 Å². The Kier molecular flexibility index (Phi) is 3.99. The maximum Gasteiger partial charge on any atom is 0.127 e. The zero-order valence-corrected chi connectivity index (χ0v) is 11.3. The first-order chi connectivity index (χ1) is 9.43. The Hall–Kier alpha value is -1.54. The van der Waals surface area contributed by atoms with E-state index in [1.165, 1.54) is 30.2 Å². The molecule has 3 rings (SSSR count).